The maximum Gasteiger partial charge on any atom is 0.255 e. The second kappa shape index (κ2) is 5.86. The minimum absolute atomic E-state index is 0.0390. The number of nitrogens with zero attached hydrogens (tertiary/aromatic N) is 3. The number of amides is 1. The highest BCUT2D eigenvalue weighted by atomic mass is 32.1. The molecule has 1 amide bonds. The van der Waals surface area contributed by atoms with Crippen LogP contribution in [-0.2, 0) is 0 Å². The number of carbonyl (C=O) groups excluding carboxylic acids is 1. The Labute approximate surface area is 112 Å². The molecule has 5 nitrogen and oxygen atoms in total. The normalized spacial score (nSPS) is 12.0. The maximum absolute atomic E-state index is 12.3. The average molecular weight is 266 g/mol. The monoisotopic (exact) mass is 266 g/mol. The van der Waals surface area contributed by atoms with E-state index >= 15 is 0 Å². The van der Waals surface area contributed by atoms with Crippen LogP contribution in [0.15, 0.2) is 6.07 Å². The Hall–Kier alpha value is -1.56. The van der Waals surface area contributed by atoms with Gasteiger partial charge in [-0.1, -0.05) is 12.2 Å². The number of carbonyl (C=O) groups is 1. The summed E-state index contributed by atoms with van der Waals surface area (Å²) in [4.78, 5) is 14.3. The first-order chi connectivity index (χ1) is 8.32. The van der Waals surface area contributed by atoms with Crippen molar-refractivity contribution < 1.29 is 4.79 Å². The van der Waals surface area contributed by atoms with E-state index in [0.717, 1.165) is 5.69 Å². The summed E-state index contributed by atoms with van der Waals surface area (Å²) in [6.45, 7) is 5.49. The molecule has 0 saturated heterocycles. The Balaban J connectivity index is 2.92. The molecule has 0 spiro atoms. The molecule has 1 heterocycles. The molecular formula is C12H18N4OS. The Kier molecular flexibility index (Phi) is 4.72. The van der Waals surface area contributed by atoms with E-state index in [-0.39, 0.29) is 11.9 Å². The van der Waals surface area contributed by atoms with Gasteiger partial charge >= 0.3 is 0 Å². The minimum Gasteiger partial charge on any atom is -0.393 e. The van der Waals surface area contributed by atoms with Crippen LogP contribution in [0.3, 0.4) is 0 Å². The van der Waals surface area contributed by atoms with Crippen molar-refractivity contribution in [1.82, 2.24) is 15.1 Å². The maximum atomic E-state index is 12.3. The zero-order valence-electron chi connectivity index (χ0n) is 11.1. The van der Waals surface area contributed by atoms with Crippen molar-refractivity contribution in [2.24, 2.45) is 5.73 Å². The van der Waals surface area contributed by atoms with Crippen molar-refractivity contribution in [3.05, 3.63) is 23.0 Å². The molecule has 1 aromatic rings. The van der Waals surface area contributed by atoms with E-state index in [1.807, 2.05) is 13.8 Å². The highest BCUT2D eigenvalue weighted by molar-refractivity contribution is 7.80. The fourth-order valence-corrected chi connectivity index (χ4v) is 1.83. The summed E-state index contributed by atoms with van der Waals surface area (Å²) in [5.41, 5.74) is 7.41. The fraction of sp³-hybridized carbons (Fsp3) is 0.500. The van der Waals surface area contributed by atoms with Crippen molar-refractivity contribution in [2.45, 2.75) is 33.2 Å². The molecule has 6 heteroatoms. The molecule has 0 saturated carbocycles. The number of aromatic nitrogens is 2. The zero-order chi connectivity index (χ0) is 13.9. The van der Waals surface area contributed by atoms with Gasteiger partial charge in [-0.15, -0.1) is 0 Å². The molecule has 0 aliphatic carbocycles. The number of nitrogens with two attached hydrogens (primary N) is 1. The van der Waals surface area contributed by atoms with Crippen LogP contribution in [-0.4, -0.2) is 39.1 Å². The van der Waals surface area contributed by atoms with Crippen LogP contribution in [0.1, 0.15) is 35.1 Å². The quantitative estimate of drug-likeness (QED) is 0.830. The first-order valence-electron chi connectivity index (χ1n) is 5.69. The predicted molar refractivity (Wildman–Crippen MR) is 74.5 cm³/mol. The molecule has 1 aromatic heterocycles. The third-order valence-electron chi connectivity index (χ3n) is 2.81. The number of thiocarbonyl (C=S) groups is 1. The lowest BCUT2D eigenvalue weighted by atomic mass is 10.1. The number of aryl methyl sites for hydroxylation is 2. The molecule has 98 valence electrons. The second-order valence-electron chi connectivity index (χ2n) is 4.42. The van der Waals surface area contributed by atoms with Crippen molar-refractivity contribution in [3.8, 4) is 0 Å². The third kappa shape index (κ3) is 3.46. The lowest BCUT2D eigenvalue weighted by Crippen LogP contribution is -2.37. The average Bonchev–Trinajstić information content (AvgIpc) is 2.29. The van der Waals surface area contributed by atoms with Crippen molar-refractivity contribution in [1.29, 1.82) is 0 Å². The molecule has 1 rings (SSSR count). The van der Waals surface area contributed by atoms with Crippen LogP contribution in [0, 0.1) is 13.8 Å². The van der Waals surface area contributed by atoms with Crippen LogP contribution in [0.2, 0.25) is 0 Å². The molecular weight excluding hydrogens is 248 g/mol. The summed E-state index contributed by atoms with van der Waals surface area (Å²) in [5, 5.41) is 7.87. The van der Waals surface area contributed by atoms with Gasteiger partial charge in [0, 0.05) is 19.5 Å². The van der Waals surface area contributed by atoms with E-state index in [0.29, 0.717) is 22.7 Å². The van der Waals surface area contributed by atoms with E-state index in [4.69, 9.17) is 18.0 Å². The van der Waals surface area contributed by atoms with E-state index in [9.17, 15) is 4.79 Å². The molecule has 0 aliphatic heterocycles. The summed E-state index contributed by atoms with van der Waals surface area (Å²) < 4.78 is 0. The first kappa shape index (κ1) is 14.5. The smallest absolute Gasteiger partial charge is 0.255 e. The summed E-state index contributed by atoms with van der Waals surface area (Å²) in [5.74, 6) is -0.0887. The zero-order valence-corrected chi connectivity index (χ0v) is 11.9. The van der Waals surface area contributed by atoms with Gasteiger partial charge < -0.3 is 10.6 Å². The van der Waals surface area contributed by atoms with Crippen LogP contribution >= 0.6 is 12.2 Å². The van der Waals surface area contributed by atoms with Gasteiger partial charge in [-0.2, -0.15) is 10.2 Å². The highest BCUT2D eigenvalue weighted by Crippen LogP contribution is 2.12. The van der Waals surface area contributed by atoms with Crippen molar-refractivity contribution in [2.75, 3.05) is 7.05 Å². The molecule has 0 radical (unpaired) electrons. The summed E-state index contributed by atoms with van der Waals surface area (Å²) in [6, 6.07) is 1.71. The van der Waals surface area contributed by atoms with Crippen molar-refractivity contribution >= 4 is 23.1 Å². The molecule has 18 heavy (non-hydrogen) atoms. The van der Waals surface area contributed by atoms with E-state index in [2.05, 4.69) is 10.2 Å². The van der Waals surface area contributed by atoms with Crippen molar-refractivity contribution in [3.63, 3.8) is 0 Å². The number of hydrogen-bond donors (Lipinski definition) is 1. The van der Waals surface area contributed by atoms with Gasteiger partial charge in [-0.25, -0.2) is 0 Å². The number of rotatable bonds is 4. The van der Waals surface area contributed by atoms with Gasteiger partial charge in [0.15, 0.2) is 0 Å². The molecule has 0 aliphatic rings. The molecule has 0 aromatic carbocycles. The van der Waals surface area contributed by atoms with E-state index < -0.39 is 0 Å². The van der Waals surface area contributed by atoms with Gasteiger partial charge in [-0.3, -0.25) is 4.79 Å². The van der Waals surface area contributed by atoms with Crippen LogP contribution < -0.4 is 5.73 Å². The van der Waals surface area contributed by atoms with Crippen LogP contribution in [0.5, 0.6) is 0 Å². The van der Waals surface area contributed by atoms with E-state index in [1.54, 1.807) is 24.9 Å². The molecule has 0 bridgehead atoms. The molecule has 2 N–H and O–H groups in total. The lowest BCUT2D eigenvalue weighted by Gasteiger charge is -2.25. The minimum atomic E-state index is -0.0887. The second-order valence-corrected chi connectivity index (χ2v) is 4.94. The Morgan fingerprint density at radius 1 is 1.50 bits per heavy atom. The fourth-order valence-electron chi connectivity index (χ4n) is 1.58. The standard InChI is InChI=1S/C12H18N4OS/c1-7-5-10(9(3)15-14-7)12(17)16(4)8(2)6-11(13)18/h5,8H,6H2,1-4H3,(H2,13,18). The Bertz CT molecular complexity index is 475. The molecule has 0 fully saturated rings. The first-order valence-corrected chi connectivity index (χ1v) is 6.10. The topological polar surface area (TPSA) is 72.1 Å². The largest absolute Gasteiger partial charge is 0.393 e. The Morgan fingerprint density at radius 2 is 2.11 bits per heavy atom. The highest BCUT2D eigenvalue weighted by Gasteiger charge is 2.20. The molecule has 1 unspecified atom stereocenters. The SMILES string of the molecule is Cc1cc(C(=O)N(C)C(C)CC(N)=S)c(C)nn1. The summed E-state index contributed by atoms with van der Waals surface area (Å²) in [7, 11) is 1.74. The van der Waals surface area contributed by atoms with E-state index in [1.165, 1.54) is 0 Å². The summed E-state index contributed by atoms with van der Waals surface area (Å²) in [6.07, 6.45) is 0.508. The van der Waals surface area contributed by atoms with Gasteiger partial charge in [0.05, 0.1) is 21.9 Å². The third-order valence-corrected chi connectivity index (χ3v) is 2.98. The van der Waals surface area contributed by atoms with Gasteiger partial charge in [0.2, 0.25) is 0 Å². The lowest BCUT2D eigenvalue weighted by molar-refractivity contribution is 0.0746. The van der Waals surface area contributed by atoms with Crippen LogP contribution in [0.4, 0.5) is 0 Å². The predicted octanol–water partition coefficient (Wildman–Crippen LogP) is 1.23. The van der Waals surface area contributed by atoms with Crippen LogP contribution in [0.25, 0.3) is 0 Å². The van der Waals surface area contributed by atoms with Gasteiger partial charge in [0.1, 0.15) is 0 Å². The Morgan fingerprint density at radius 3 is 2.67 bits per heavy atom. The number of hydrogen-bond acceptors (Lipinski definition) is 4. The molecule has 1 atom stereocenters. The summed E-state index contributed by atoms with van der Waals surface area (Å²) >= 11 is 4.86. The van der Waals surface area contributed by atoms with Gasteiger partial charge in [0.25, 0.3) is 5.91 Å². The van der Waals surface area contributed by atoms with Gasteiger partial charge in [-0.05, 0) is 26.8 Å².